The van der Waals surface area contributed by atoms with Crippen molar-refractivity contribution in [3.63, 3.8) is 0 Å². The number of nitrogens with one attached hydrogen (secondary N) is 1. The van der Waals surface area contributed by atoms with Crippen molar-refractivity contribution in [1.29, 1.82) is 0 Å². The van der Waals surface area contributed by atoms with Gasteiger partial charge in [-0.25, -0.2) is 4.39 Å². The molecule has 0 radical (unpaired) electrons. The van der Waals surface area contributed by atoms with Gasteiger partial charge in [-0.2, -0.15) is 0 Å². The van der Waals surface area contributed by atoms with Crippen LogP contribution in [0.5, 0.6) is 5.75 Å². The van der Waals surface area contributed by atoms with Crippen molar-refractivity contribution in [3.05, 3.63) is 29.8 Å². The molecule has 27 heavy (non-hydrogen) atoms. The maximum Gasteiger partial charge on any atom is 0.260 e. The molecule has 1 aromatic rings. The monoisotopic (exact) mass is 397 g/mol. The maximum absolute atomic E-state index is 15.1. The molecule has 0 saturated heterocycles. The van der Waals surface area contributed by atoms with Gasteiger partial charge in [-0.05, 0) is 41.2 Å². The number of halogens is 1. The van der Waals surface area contributed by atoms with E-state index in [1.807, 2.05) is 24.3 Å². The van der Waals surface area contributed by atoms with Gasteiger partial charge in [0.05, 0.1) is 13.7 Å². The summed E-state index contributed by atoms with van der Waals surface area (Å²) in [5.41, 5.74) is -0.151. The van der Waals surface area contributed by atoms with Crippen LogP contribution in [0.2, 0.25) is 16.6 Å². The van der Waals surface area contributed by atoms with Crippen molar-refractivity contribution in [1.82, 2.24) is 5.32 Å². The zero-order chi connectivity index (χ0) is 20.8. The molecule has 4 nitrogen and oxygen atoms in total. The molecule has 0 aliphatic rings. The van der Waals surface area contributed by atoms with Gasteiger partial charge in [-0.3, -0.25) is 4.79 Å². The minimum atomic E-state index is -2.21. The van der Waals surface area contributed by atoms with Gasteiger partial charge in [0.25, 0.3) is 5.91 Å². The van der Waals surface area contributed by atoms with Crippen molar-refractivity contribution in [2.45, 2.75) is 77.3 Å². The summed E-state index contributed by atoms with van der Waals surface area (Å²) in [4.78, 5) is 12.4. The average molecular weight is 398 g/mol. The lowest BCUT2D eigenvalue weighted by Crippen LogP contribution is -2.53. The van der Waals surface area contributed by atoms with E-state index in [1.165, 1.54) is 6.92 Å². The molecular formula is C21H36FNO3Si. The van der Waals surface area contributed by atoms with Crippen LogP contribution in [0.1, 0.15) is 54.0 Å². The Morgan fingerprint density at radius 3 is 1.96 bits per heavy atom. The molecule has 0 saturated carbocycles. The summed E-state index contributed by atoms with van der Waals surface area (Å²) in [6.45, 7) is 14.2. The summed E-state index contributed by atoms with van der Waals surface area (Å²) in [5, 5.41) is 2.68. The molecule has 1 aromatic carbocycles. The molecule has 1 unspecified atom stereocenters. The highest BCUT2D eigenvalue weighted by Crippen LogP contribution is 2.42. The first-order chi connectivity index (χ1) is 12.5. The van der Waals surface area contributed by atoms with Crippen molar-refractivity contribution < 1.29 is 18.3 Å². The fourth-order valence-electron chi connectivity index (χ4n) is 3.94. The van der Waals surface area contributed by atoms with E-state index in [4.69, 9.17) is 9.16 Å². The Hall–Kier alpha value is -1.40. The molecular weight excluding hydrogens is 361 g/mol. The Bertz CT molecular complexity index is 578. The lowest BCUT2D eigenvalue weighted by molar-refractivity contribution is -0.134. The Balaban J connectivity index is 2.75. The van der Waals surface area contributed by atoms with Crippen LogP contribution in [0.25, 0.3) is 0 Å². The van der Waals surface area contributed by atoms with E-state index in [2.05, 4.69) is 46.9 Å². The van der Waals surface area contributed by atoms with Gasteiger partial charge < -0.3 is 14.5 Å². The molecule has 1 N–H and O–H groups in total. The number of alkyl halides is 1. The number of carbonyl (C=O) groups excluding carboxylic acids is 1. The van der Waals surface area contributed by atoms with Crippen molar-refractivity contribution in [3.8, 4) is 5.75 Å². The number of benzene rings is 1. The smallest absolute Gasteiger partial charge is 0.260 e. The van der Waals surface area contributed by atoms with Crippen molar-refractivity contribution >= 4 is 14.2 Å². The van der Waals surface area contributed by atoms with Gasteiger partial charge in [0.2, 0.25) is 14.0 Å². The molecule has 1 rings (SSSR count). The van der Waals surface area contributed by atoms with Crippen molar-refractivity contribution in [2.24, 2.45) is 0 Å². The Kier molecular flexibility index (Phi) is 8.48. The van der Waals surface area contributed by atoms with Crippen LogP contribution in [0.3, 0.4) is 0 Å². The number of rotatable bonds is 10. The van der Waals surface area contributed by atoms with Crippen LogP contribution in [0, 0.1) is 0 Å². The van der Waals surface area contributed by atoms with E-state index in [0.717, 1.165) is 11.3 Å². The van der Waals surface area contributed by atoms with Crippen LogP contribution in [-0.4, -0.2) is 33.6 Å². The molecule has 0 spiro atoms. The highest BCUT2D eigenvalue weighted by molar-refractivity contribution is 6.77. The summed E-state index contributed by atoms with van der Waals surface area (Å²) >= 11 is 0. The summed E-state index contributed by atoms with van der Waals surface area (Å²) in [6.07, 6.45) is 0. The zero-order valence-electron chi connectivity index (χ0n) is 18.1. The fraction of sp³-hybridized carbons (Fsp3) is 0.667. The first-order valence-electron chi connectivity index (χ1n) is 9.71. The molecule has 1 amide bonds. The predicted molar refractivity (Wildman–Crippen MR) is 111 cm³/mol. The molecule has 154 valence electrons. The van der Waals surface area contributed by atoms with Gasteiger partial charge in [-0.15, -0.1) is 0 Å². The van der Waals surface area contributed by atoms with E-state index >= 15 is 4.39 Å². The highest BCUT2D eigenvalue weighted by Gasteiger charge is 2.47. The first-order valence-corrected chi connectivity index (χ1v) is 11.9. The zero-order valence-corrected chi connectivity index (χ0v) is 19.1. The third-order valence-electron chi connectivity index (χ3n) is 5.39. The van der Waals surface area contributed by atoms with Crippen LogP contribution < -0.4 is 10.1 Å². The second kappa shape index (κ2) is 9.69. The highest BCUT2D eigenvalue weighted by atomic mass is 28.4. The van der Waals surface area contributed by atoms with Gasteiger partial charge in [0, 0.05) is 6.54 Å². The molecule has 0 heterocycles. The van der Waals surface area contributed by atoms with Crippen LogP contribution in [-0.2, 0) is 15.8 Å². The third kappa shape index (κ3) is 5.78. The third-order valence-corrected chi connectivity index (χ3v) is 11.4. The van der Waals surface area contributed by atoms with Crippen LogP contribution in [0.4, 0.5) is 4.39 Å². The van der Waals surface area contributed by atoms with Crippen LogP contribution in [0.15, 0.2) is 24.3 Å². The van der Waals surface area contributed by atoms with E-state index < -0.39 is 19.9 Å². The normalized spacial score (nSPS) is 14.5. The molecule has 0 aliphatic heterocycles. The molecule has 6 heteroatoms. The van der Waals surface area contributed by atoms with E-state index in [-0.39, 0.29) is 13.2 Å². The number of hydrogen-bond acceptors (Lipinski definition) is 3. The Morgan fingerprint density at radius 1 is 1.07 bits per heavy atom. The summed E-state index contributed by atoms with van der Waals surface area (Å²) in [7, 11) is -0.617. The summed E-state index contributed by atoms with van der Waals surface area (Å²) in [6, 6.07) is 7.32. The van der Waals surface area contributed by atoms with E-state index in [9.17, 15) is 4.79 Å². The predicted octanol–water partition coefficient (Wildman–Crippen LogP) is 5.23. The minimum Gasteiger partial charge on any atom is -0.497 e. The fourth-order valence-corrected chi connectivity index (χ4v) is 9.46. The van der Waals surface area contributed by atoms with Gasteiger partial charge >= 0.3 is 0 Å². The maximum atomic E-state index is 15.1. The van der Waals surface area contributed by atoms with E-state index in [1.54, 1.807) is 7.11 Å². The van der Waals surface area contributed by atoms with Gasteiger partial charge in [0.15, 0.2) is 0 Å². The SMILES string of the molecule is COc1ccc(CNC(=O)C(C)(F)CO[Si](C(C)C)(C(C)C)C(C)C)cc1. The average Bonchev–Trinajstić information content (AvgIpc) is 2.59. The summed E-state index contributed by atoms with van der Waals surface area (Å²) < 4.78 is 26.5. The minimum absolute atomic E-state index is 0.206. The summed E-state index contributed by atoms with van der Waals surface area (Å²) in [5.74, 6) is 0.101. The number of ether oxygens (including phenoxy) is 1. The second-order valence-corrected chi connectivity index (χ2v) is 13.8. The Morgan fingerprint density at radius 2 is 1.56 bits per heavy atom. The lowest BCUT2D eigenvalue weighted by atomic mass is 10.1. The largest absolute Gasteiger partial charge is 0.497 e. The molecule has 0 fully saturated rings. The first kappa shape index (κ1) is 23.6. The quantitative estimate of drug-likeness (QED) is 0.550. The number of amides is 1. The lowest BCUT2D eigenvalue weighted by Gasteiger charge is -2.43. The van der Waals surface area contributed by atoms with Crippen molar-refractivity contribution in [2.75, 3.05) is 13.7 Å². The standard InChI is InChI=1S/C21H36FNO3Si/c1-15(2)27(16(3)4,17(5)6)26-14-21(7,22)20(24)23-13-18-9-11-19(25-8)12-10-18/h9-12,15-17H,13-14H2,1-8H3,(H,23,24). The number of methoxy groups -OCH3 is 1. The van der Waals surface area contributed by atoms with Gasteiger partial charge in [-0.1, -0.05) is 53.7 Å². The molecule has 1 atom stereocenters. The Labute approximate surface area is 165 Å². The topological polar surface area (TPSA) is 47.6 Å². The number of hydrogen-bond donors (Lipinski definition) is 1. The molecule has 0 aromatic heterocycles. The molecule has 0 aliphatic carbocycles. The van der Waals surface area contributed by atoms with E-state index in [0.29, 0.717) is 16.6 Å². The molecule has 0 bridgehead atoms. The van der Waals surface area contributed by atoms with Gasteiger partial charge in [0.1, 0.15) is 5.75 Å². The number of carbonyl (C=O) groups is 1. The second-order valence-electron chi connectivity index (χ2n) is 8.33. The van der Waals surface area contributed by atoms with Crippen LogP contribution >= 0.6 is 0 Å².